The lowest BCUT2D eigenvalue weighted by molar-refractivity contribution is -0.00834. The number of guanidine groups is 1. The Hall–Kier alpha value is -0.900. The van der Waals surface area contributed by atoms with Crippen LogP contribution in [0.25, 0.3) is 0 Å². The fraction of sp³-hybridized carbons (Fsp3) is 0.667. The molecule has 1 saturated heterocycles. The van der Waals surface area contributed by atoms with E-state index in [-0.39, 0.29) is 29.5 Å². The molecule has 0 unspecified atom stereocenters. The van der Waals surface area contributed by atoms with E-state index in [0.29, 0.717) is 13.2 Å². The predicted octanol–water partition coefficient (Wildman–Crippen LogP) is 3.01. The molecule has 0 spiro atoms. The molecule has 1 fully saturated rings. The molecule has 7 heteroatoms. The van der Waals surface area contributed by atoms with Gasteiger partial charge in [0.1, 0.15) is 0 Å². The number of hydrogen-bond acceptors (Lipinski definition) is 4. The maximum Gasteiger partial charge on any atom is 0.191 e. The van der Waals surface area contributed by atoms with Gasteiger partial charge >= 0.3 is 0 Å². The van der Waals surface area contributed by atoms with Gasteiger partial charge in [-0.25, -0.2) is 4.99 Å². The van der Waals surface area contributed by atoms with E-state index in [0.717, 1.165) is 52.0 Å². The zero-order valence-electron chi connectivity index (χ0n) is 17.8. The summed E-state index contributed by atoms with van der Waals surface area (Å²) in [4.78, 5) is 7.27. The van der Waals surface area contributed by atoms with Gasteiger partial charge in [0.2, 0.25) is 0 Å². The lowest BCUT2D eigenvalue weighted by atomic mass is 10.0. The van der Waals surface area contributed by atoms with Crippen molar-refractivity contribution in [1.29, 1.82) is 0 Å². The highest BCUT2D eigenvalue weighted by molar-refractivity contribution is 14.0. The van der Waals surface area contributed by atoms with Crippen LogP contribution in [0.2, 0.25) is 0 Å². The van der Waals surface area contributed by atoms with Crippen LogP contribution in [0.3, 0.4) is 0 Å². The summed E-state index contributed by atoms with van der Waals surface area (Å²) in [5, 5.41) is 6.87. The molecular formula is C21H37IN4O2. The Morgan fingerprint density at radius 3 is 2.46 bits per heavy atom. The van der Waals surface area contributed by atoms with Crippen molar-refractivity contribution in [2.75, 3.05) is 46.0 Å². The molecule has 0 bridgehead atoms. The topological polar surface area (TPSA) is 58.1 Å². The largest absolute Gasteiger partial charge is 0.379 e. The van der Waals surface area contributed by atoms with Crippen LogP contribution in [0.15, 0.2) is 29.3 Å². The molecule has 1 heterocycles. The van der Waals surface area contributed by atoms with Crippen LogP contribution in [0, 0.1) is 0 Å². The van der Waals surface area contributed by atoms with Gasteiger partial charge in [-0.1, -0.05) is 24.3 Å². The highest BCUT2D eigenvalue weighted by Crippen LogP contribution is 2.15. The summed E-state index contributed by atoms with van der Waals surface area (Å²) < 4.78 is 11.1. The van der Waals surface area contributed by atoms with Gasteiger partial charge in [0.25, 0.3) is 0 Å². The monoisotopic (exact) mass is 504 g/mol. The van der Waals surface area contributed by atoms with Gasteiger partial charge in [0.15, 0.2) is 5.96 Å². The van der Waals surface area contributed by atoms with Crippen molar-refractivity contribution in [3.8, 4) is 0 Å². The van der Waals surface area contributed by atoms with E-state index in [4.69, 9.17) is 14.5 Å². The second-order valence-electron chi connectivity index (χ2n) is 7.37. The summed E-state index contributed by atoms with van der Waals surface area (Å²) in [6.45, 7) is 15.9. The number of morpholine rings is 1. The summed E-state index contributed by atoms with van der Waals surface area (Å²) in [7, 11) is 0. The zero-order chi connectivity index (χ0) is 19.5. The summed E-state index contributed by atoms with van der Waals surface area (Å²) >= 11 is 0. The van der Waals surface area contributed by atoms with E-state index < -0.39 is 0 Å². The average Bonchev–Trinajstić information content (AvgIpc) is 2.70. The Morgan fingerprint density at radius 2 is 1.82 bits per heavy atom. The third-order valence-corrected chi connectivity index (χ3v) is 4.89. The summed E-state index contributed by atoms with van der Waals surface area (Å²) in [5.41, 5.74) is 2.45. The molecule has 1 aliphatic rings. The first-order valence-electron chi connectivity index (χ1n) is 10.1. The second kappa shape index (κ2) is 13.3. The van der Waals surface area contributed by atoms with E-state index in [2.05, 4.69) is 60.6 Å². The number of rotatable bonds is 9. The molecule has 0 saturated carbocycles. The molecule has 1 aromatic rings. The molecule has 0 radical (unpaired) electrons. The van der Waals surface area contributed by atoms with Crippen LogP contribution in [-0.4, -0.2) is 62.4 Å². The summed E-state index contributed by atoms with van der Waals surface area (Å²) in [6, 6.07) is 8.35. The standard InChI is InChI=1S/C21H36N4O2.HI/c1-5-22-20(24-17-21(3,4)25-11-13-27-14-12-25)23-15-18-9-7-8-10-19(18)16-26-6-2;/h7-10H,5-6,11-17H2,1-4H3,(H2,22,23,24);1H. The van der Waals surface area contributed by atoms with Gasteiger partial charge in [-0.15, -0.1) is 24.0 Å². The average molecular weight is 504 g/mol. The molecule has 28 heavy (non-hydrogen) atoms. The number of aliphatic imine (C=N–C) groups is 1. The number of benzene rings is 1. The lowest BCUT2D eigenvalue weighted by Crippen LogP contribution is -2.56. The van der Waals surface area contributed by atoms with Gasteiger partial charge in [0, 0.05) is 38.3 Å². The van der Waals surface area contributed by atoms with Gasteiger partial charge in [-0.05, 0) is 38.8 Å². The minimum Gasteiger partial charge on any atom is -0.379 e. The highest BCUT2D eigenvalue weighted by atomic mass is 127. The number of hydrogen-bond donors (Lipinski definition) is 2. The third kappa shape index (κ3) is 8.23. The van der Waals surface area contributed by atoms with E-state index in [1.807, 2.05) is 6.92 Å². The van der Waals surface area contributed by atoms with Crippen molar-refractivity contribution in [3.63, 3.8) is 0 Å². The maximum absolute atomic E-state index is 5.58. The molecule has 160 valence electrons. The van der Waals surface area contributed by atoms with Crippen molar-refractivity contribution in [2.24, 2.45) is 4.99 Å². The second-order valence-corrected chi connectivity index (χ2v) is 7.37. The first-order valence-corrected chi connectivity index (χ1v) is 10.1. The van der Waals surface area contributed by atoms with Gasteiger partial charge in [-0.3, -0.25) is 4.90 Å². The van der Waals surface area contributed by atoms with Crippen molar-refractivity contribution >= 4 is 29.9 Å². The van der Waals surface area contributed by atoms with Crippen LogP contribution in [0.4, 0.5) is 0 Å². The lowest BCUT2D eigenvalue weighted by Gasteiger charge is -2.41. The molecule has 0 amide bonds. The fourth-order valence-corrected chi connectivity index (χ4v) is 3.15. The SMILES string of the molecule is CCNC(=NCc1ccccc1COCC)NCC(C)(C)N1CCOCC1.I. The van der Waals surface area contributed by atoms with Crippen molar-refractivity contribution < 1.29 is 9.47 Å². The van der Waals surface area contributed by atoms with Crippen LogP contribution < -0.4 is 10.6 Å². The van der Waals surface area contributed by atoms with Crippen molar-refractivity contribution in [2.45, 2.75) is 46.4 Å². The predicted molar refractivity (Wildman–Crippen MR) is 126 cm³/mol. The molecule has 6 nitrogen and oxygen atoms in total. The highest BCUT2D eigenvalue weighted by Gasteiger charge is 2.28. The maximum atomic E-state index is 5.58. The fourth-order valence-electron chi connectivity index (χ4n) is 3.15. The van der Waals surface area contributed by atoms with Gasteiger partial charge < -0.3 is 20.1 Å². The molecule has 0 aromatic heterocycles. The van der Waals surface area contributed by atoms with Crippen LogP contribution in [-0.2, 0) is 22.6 Å². The molecule has 1 aliphatic heterocycles. The molecule has 2 rings (SSSR count). The Morgan fingerprint density at radius 1 is 1.14 bits per heavy atom. The Balaban J connectivity index is 0.00000392. The van der Waals surface area contributed by atoms with Crippen molar-refractivity contribution in [3.05, 3.63) is 35.4 Å². The van der Waals surface area contributed by atoms with Crippen molar-refractivity contribution in [1.82, 2.24) is 15.5 Å². The Labute approximate surface area is 187 Å². The zero-order valence-corrected chi connectivity index (χ0v) is 20.1. The first-order chi connectivity index (χ1) is 13.1. The smallest absolute Gasteiger partial charge is 0.191 e. The van der Waals surface area contributed by atoms with E-state index in [9.17, 15) is 0 Å². The number of halogens is 1. The molecule has 0 aliphatic carbocycles. The van der Waals surface area contributed by atoms with Gasteiger partial charge in [-0.2, -0.15) is 0 Å². The van der Waals surface area contributed by atoms with Crippen LogP contribution >= 0.6 is 24.0 Å². The molecule has 0 atom stereocenters. The minimum atomic E-state index is 0. The molecule has 1 aromatic carbocycles. The van der Waals surface area contributed by atoms with E-state index >= 15 is 0 Å². The van der Waals surface area contributed by atoms with Crippen LogP contribution in [0.5, 0.6) is 0 Å². The minimum absolute atomic E-state index is 0. The number of nitrogens with zero attached hydrogens (tertiary/aromatic N) is 2. The van der Waals surface area contributed by atoms with Crippen LogP contribution in [0.1, 0.15) is 38.8 Å². The van der Waals surface area contributed by atoms with E-state index in [1.54, 1.807) is 0 Å². The summed E-state index contributed by atoms with van der Waals surface area (Å²) in [6.07, 6.45) is 0. The summed E-state index contributed by atoms with van der Waals surface area (Å²) in [5.74, 6) is 0.852. The quantitative estimate of drug-likeness (QED) is 0.308. The third-order valence-electron chi connectivity index (χ3n) is 4.89. The molecule has 2 N–H and O–H groups in total. The molecular weight excluding hydrogens is 467 g/mol. The van der Waals surface area contributed by atoms with E-state index in [1.165, 1.54) is 11.1 Å². The Kier molecular flexibility index (Phi) is 12.0. The van der Waals surface area contributed by atoms with Gasteiger partial charge in [0.05, 0.1) is 26.4 Å². The first kappa shape index (κ1) is 25.1. The normalized spacial score (nSPS) is 15.8. The number of nitrogens with one attached hydrogen (secondary N) is 2. The Bertz CT molecular complexity index is 590. The number of ether oxygens (including phenoxy) is 2.